The molecule has 0 spiro atoms. The maximum absolute atomic E-state index is 13.4. The summed E-state index contributed by atoms with van der Waals surface area (Å²) in [4.78, 5) is 20.3. The van der Waals surface area contributed by atoms with Crippen LogP contribution in [0, 0.1) is 12.8 Å². The second-order valence-electron chi connectivity index (χ2n) is 10.1. The third-order valence-electron chi connectivity index (χ3n) is 7.79. The molecule has 7 heteroatoms. The zero-order chi connectivity index (χ0) is 24.6. The van der Waals surface area contributed by atoms with Gasteiger partial charge in [-0.2, -0.15) is 5.10 Å². The van der Waals surface area contributed by atoms with Gasteiger partial charge in [-0.15, -0.1) is 0 Å². The van der Waals surface area contributed by atoms with Crippen LogP contribution in [0.3, 0.4) is 0 Å². The molecule has 0 atom stereocenters. The van der Waals surface area contributed by atoms with Crippen LogP contribution in [0.1, 0.15) is 56.7 Å². The predicted molar refractivity (Wildman–Crippen MR) is 141 cm³/mol. The van der Waals surface area contributed by atoms with E-state index in [1.54, 1.807) is 7.11 Å². The first-order chi connectivity index (χ1) is 17.1. The number of carbonyl (C=O) groups is 1. The largest absolute Gasteiger partial charge is 0.383 e. The van der Waals surface area contributed by atoms with E-state index in [1.807, 2.05) is 11.0 Å². The SMILES string of the molecule is CCN1CCN(c2c(CN(CCOC)C(=O)CCC3CCCC3)c(C)nn2-c2ccccc2)CC1. The highest BCUT2D eigenvalue weighted by Gasteiger charge is 2.28. The molecule has 2 aliphatic rings. The van der Waals surface area contributed by atoms with Crippen molar-refractivity contribution in [1.82, 2.24) is 19.6 Å². The smallest absolute Gasteiger partial charge is 0.222 e. The Morgan fingerprint density at radius 2 is 1.83 bits per heavy atom. The number of ether oxygens (including phenoxy) is 1. The van der Waals surface area contributed by atoms with Crippen molar-refractivity contribution in [1.29, 1.82) is 0 Å². The third-order valence-corrected chi connectivity index (χ3v) is 7.79. The minimum Gasteiger partial charge on any atom is -0.383 e. The fourth-order valence-electron chi connectivity index (χ4n) is 5.55. The zero-order valence-corrected chi connectivity index (χ0v) is 21.9. The van der Waals surface area contributed by atoms with E-state index in [2.05, 4.69) is 52.6 Å². The Morgan fingerprint density at radius 3 is 2.49 bits per heavy atom. The molecule has 1 aromatic heterocycles. The summed E-state index contributed by atoms with van der Waals surface area (Å²) >= 11 is 0. The number of amides is 1. The van der Waals surface area contributed by atoms with Gasteiger partial charge in [0.05, 0.1) is 24.5 Å². The van der Waals surface area contributed by atoms with E-state index < -0.39 is 0 Å². The molecule has 7 nitrogen and oxygen atoms in total. The van der Waals surface area contributed by atoms with Crippen LogP contribution in [0.4, 0.5) is 5.82 Å². The minimum atomic E-state index is 0.238. The number of aryl methyl sites for hydroxylation is 1. The van der Waals surface area contributed by atoms with Crippen LogP contribution >= 0.6 is 0 Å². The number of nitrogens with zero attached hydrogens (tertiary/aromatic N) is 5. The van der Waals surface area contributed by atoms with Crippen molar-refractivity contribution < 1.29 is 9.53 Å². The number of benzene rings is 1. The number of carbonyl (C=O) groups excluding carboxylic acids is 1. The van der Waals surface area contributed by atoms with Crippen molar-refractivity contribution in [2.45, 2.75) is 58.9 Å². The van der Waals surface area contributed by atoms with Gasteiger partial charge in [-0.25, -0.2) is 4.68 Å². The van der Waals surface area contributed by atoms with Crippen molar-refractivity contribution in [2.75, 3.05) is 57.9 Å². The molecule has 1 saturated heterocycles. The summed E-state index contributed by atoms with van der Waals surface area (Å²) in [7, 11) is 1.71. The van der Waals surface area contributed by atoms with Crippen LogP contribution in [0.5, 0.6) is 0 Å². The Hall–Kier alpha value is -2.38. The highest BCUT2D eigenvalue weighted by molar-refractivity contribution is 5.76. The minimum absolute atomic E-state index is 0.238. The van der Waals surface area contributed by atoms with Crippen LogP contribution in [0.15, 0.2) is 30.3 Å². The molecule has 1 aliphatic carbocycles. The van der Waals surface area contributed by atoms with Gasteiger partial charge in [0.1, 0.15) is 5.82 Å². The Morgan fingerprint density at radius 1 is 1.11 bits per heavy atom. The van der Waals surface area contributed by atoms with Crippen molar-refractivity contribution in [3.63, 3.8) is 0 Å². The second-order valence-corrected chi connectivity index (χ2v) is 10.1. The van der Waals surface area contributed by atoms with Crippen LogP contribution in [0.2, 0.25) is 0 Å². The second kappa shape index (κ2) is 12.5. The average Bonchev–Trinajstić information content (AvgIpc) is 3.53. The van der Waals surface area contributed by atoms with Crippen LogP contribution in [0.25, 0.3) is 5.69 Å². The number of hydrogen-bond donors (Lipinski definition) is 0. The first-order valence-corrected chi connectivity index (χ1v) is 13.5. The van der Waals surface area contributed by atoms with Crippen LogP contribution in [-0.4, -0.2) is 78.5 Å². The number of piperazine rings is 1. The normalized spacial score (nSPS) is 17.3. The number of methoxy groups -OCH3 is 1. The van der Waals surface area contributed by atoms with Crippen molar-refractivity contribution in [2.24, 2.45) is 5.92 Å². The van der Waals surface area contributed by atoms with Crippen molar-refractivity contribution in [3.8, 4) is 5.69 Å². The summed E-state index contributed by atoms with van der Waals surface area (Å²) in [6, 6.07) is 10.4. The summed E-state index contributed by atoms with van der Waals surface area (Å²) in [5, 5.41) is 4.99. The van der Waals surface area contributed by atoms with Crippen molar-refractivity contribution >= 4 is 11.7 Å². The van der Waals surface area contributed by atoms with E-state index in [9.17, 15) is 4.79 Å². The van der Waals surface area contributed by atoms with E-state index in [4.69, 9.17) is 9.84 Å². The molecule has 1 aliphatic heterocycles. The summed E-state index contributed by atoms with van der Waals surface area (Å²) in [5.41, 5.74) is 3.21. The van der Waals surface area contributed by atoms with E-state index in [-0.39, 0.29) is 5.91 Å². The molecule has 1 saturated carbocycles. The van der Waals surface area contributed by atoms with Gasteiger partial charge in [0.2, 0.25) is 5.91 Å². The average molecular weight is 482 g/mol. The first kappa shape index (κ1) is 25.7. The van der Waals surface area contributed by atoms with E-state index in [1.165, 1.54) is 25.7 Å². The van der Waals surface area contributed by atoms with Gasteiger partial charge in [0.15, 0.2) is 0 Å². The molecular weight excluding hydrogens is 438 g/mol. The Balaban J connectivity index is 1.60. The molecule has 0 bridgehead atoms. The first-order valence-electron chi connectivity index (χ1n) is 13.5. The van der Waals surface area contributed by atoms with E-state index in [0.29, 0.717) is 26.1 Å². The van der Waals surface area contributed by atoms with Gasteiger partial charge >= 0.3 is 0 Å². The van der Waals surface area contributed by atoms with Gasteiger partial charge < -0.3 is 19.4 Å². The number of hydrogen-bond acceptors (Lipinski definition) is 5. The van der Waals surface area contributed by atoms with Gasteiger partial charge in [-0.1, -0.05) is 50.8 Å². The van der Waals surface area contributed by atoms with Gasteiger partial charge in [0, 0.05) is 51.8 Å². The van der Waals surface area contributed by atoms with Gasteiger partial charge in [-0.3, -0.25) is 4.79 Å². The maximum atomic E-state index is 13.4. The molecule has 2 aromatic rings. The molecule has 35 heavy (non-hydrogen) atoms. The molecular formula is C28H43N5O2. The number of aromatic nitrogens is 2. The standard InChI is InChI=1S/C28H43N5O2/c1-4-30-16-18-31(19-17-30)28-26(23(2)29-33(28)25-12-6-5-7-13-25)22-32(20-21-35-3)27(34)15-14-24-10-8-9-11-24/h5-7,12-13,24H,4,8-11,14-22H2,1-3H3. The van der Waals surface area contributed by atoms with Crippen LogP contribution in [-0.2, 0) is 16.1 Å². The van der Waals surface area contributed by atoms with Gasteiger partial charge in [0.25, 0.3) is 0 Å². The predicted octanol–water partition coefficient (Wildman–Crippen LogP) is 4.27. The number of rotatable bonds is 11. The quantitative estimate of drug-likeness (QED) is 0.480. The number of likely N-dealkylation sites (N-methyl/N-ethyl adjacent to an activating group) is 1. The van der Waals surface area contributed by atoms with Crippen LogP contribution < -0.4 is 4.90 Å². The van der Waals surface area contributed by atoms with E-state index >= 15 is 0 Å². The molecule has 0 radical (unpaired) electrons. The number of anilines is 1. The lowest BCUT2D eigenvalue weighted by Crippen LogP contribution is -2.47. The monoisotopic (exact) mass is 481 g/mol. The summed E-state index contributed by atoms with van der Waals surface area (Å²) in [6.45, 7) is 11.1. The molecule has 1 aromatic carbocycles. The Bertz CT molecular complexity index is 930. The number of para-hydroxylation sites is 1. The molecule has 0 N–H and O–H groups in total. The molecule has 0 unspecified atom stereocenters. The summed E-state index contributed by atoms with van der Waals surface area (Å²) < 4.78 is 7.47. The third kappa shape index (κ3) is 6.44. The van der Waals surface area contributed by atoms with Crippen molar-refractivity contribution in [3.05, 3.63) is 41.6 Å². The lowest BCUT2D eigenvalue weighted by atomic mass is 10.0. The van der Waals surface area contributed by atoms with E-state index in [0.717, 1.165) is 67.8 Å². The lowest BCUT2D eigenvalue weighted by molar-refractivity contribution is -0.132. The zero-order valence-electron chi connectivity index (χ0n) is 21.9. The highest BCUT2D eigenvalue weighted by Crippen LogP contribution is 2.31. The Labute approximate surface area is 211 Å². The topological polar surface area (TPSA) is 53.8 Å². The summed E-state index contributed by atoms with van der Waals surface area (Å²) in [6.07, 6.45) is 6.84. The van der Waals surface area contributed by atoms with Gasteiger partial charge in [-0.05, 0) is 37.9 Å². The molecule has 4 rings (SSSR count). The lowest BCUT2D eigenvalue weighted by Gasteiger charge is -2.36. The maximum Gasteiger partial charge on any atom is 0.222 e. The fourth-order valence-corrected chi connectivity index (χ4v) is 5.55. The molecule has 2 heterocycles. The highest BCUT2D eigenvalue weighted by atomic mass is 16.5. The fraction of sp³-hybridized carbons (Fsp3) is 0.643. The summed E-state index contributed by atoms with van der Waals surface area (Å²) in [5.74, 6) is 2.09. The molecule has 192 valence electrons. The molecule has 2 fully saturated rings. The molecule has 1 amide bonds. The Kier molecular flexibility index (Phi) is 9.21.